The fourth-order valence-corrected chi connectivity index (χ4v) is 3.52. The lowest BCUT2D eigenvalue weighted by atomic mass is 10.1. The summed E-state index contributed by atoms with van der Waals surface area (Å²) in [5.74, 6) is -0.928. The number of nitro benzene ring substituents is 1. The second kappa shape index (κ2) is 9.43. The van der Waals surface area contributed by atoms with E-state index >= 15 is 0 Å². The van der Waals surface area contributed by atoms with Crippen molar-refractivity contribution in [2.24, 2.45) is 0 Å². The smallest absolute Gasteiger partial charge is 0.341 e. The maximum absolute atomic E-state index is 12.6. The van der Waals surface area contributed by atoms with Crippen molar-refractivity contribution in [3.05, 3.63) is 75.6 Å². The van der Waals surface area contributed by atoms with Crippen LogP contribution in [0.2, 0.25) is 0 Å². The zero-order valence-electron chi connectivity index (χ0n) is 17.1. The van der Waals surface area contributed by atoms with Crippen molar-refractivity contribution in [3.63, 3.8) is 0 Å². The topological polar surface area (TPSA) is 116 Å². The first-order valence-electron chi connectivity index (χ1n) is 9.31. The molecule has 0 unspecified atom stereocenters. The molecule has 0 fully saturated rings. The van der Waals surface area contributed by atoms with Crippen LogP contribution in [-0.2, 0) is 4.74 Å². The van der Waals surface area contributed by atoms with E-state index in [1.807, 2.05) is 0 Å². The molecule has 10 heteroatoms. The number of nitro groups is 1. The number of rotatable bonds is 7. The molecule has 1 aromatic heterocycles. The lowest BCUT2D eigenvalue weighted by Gasteiger charge is -2.10. The van der Waals surface area contributed by atoms with Gasteiger partial charge in [0, 0.05) is 17.3 Å². The molecule has 0 atom stereocenters. The SMILES string of the molecule is CCOC(=O)c1cnn(-c2cccc(NC(=O)c3ccc(SC)c([N+](=O)[O-])c3)c2)c1C. The molecule has 0 saturated carbocycles. The first-order chi connectivity index (χ1) is 14.8. The number of aromatic nitrogens is 2. The Morgan fingerprint density at radius 2 is 2.03 bits per heavy atom. The summed E-state index contributed by atoms with van der Waals surface area (Å²) in [6.07, 6.45) is 3.17. The van der Waals surface area contributed by atoms with Crippen LogP contribution in [0.1, 0.15) is 33.3 Å². The average molecular weight is 440 g/mol. The third-order valence-corrected chi connectivity index (χ3v) is 5.28. The van der Waals surface area contributed by atoms with E-state index in [9.17, 15) is 19.7 Å². The van der Waals surface area contributed by atoms with Crippen LogP contribution >= 0.6 is 11.8 Å². The fourth-order valence-electron chi connectivity index (χ4n) is 2.97. The quantitative estimate of drug-likeness (QED) is 0.253. The Kier molecular flexibility index (Phi) is 6.71. The summed E-state index contributed by atoms with van der Waals surface area (Å²) in [6.45, 7) is 3.74. The predicted molar refractivity (Wildman–Crippen MR) is 117 cm³/mol. The Labute approximate surface area is 182 Å². The molecule has 1 amide bonds. The first-order valence-corrected chi connectivity index (χ1v) is 10.5. The molecule has 160 valence electrons. The zero-order chi connectivity index (χ0) is 22.5. The van der Waals surface area contributed by atoms with Crippen LogP contribution in [0.25, 0.3) is 5.69 Å². The van der Waals surface area contributed by atoms with Crippen molar-refractivity contribution in [3.8, 4) is 5.69 Å². The van der Waals surface area contributed by atoms with Crippen molar-refractivity contribution in [1.82, 2.24) is 9.78 Å². The highest BCUT2D eigenvalue weighted by molar-refractivity contribution is 7.98. The Balaban J connectivity index is 1.85. The number of hydrogen-bond acceptors (Lipinski definition) is 7. The summed E-state index contributed by atoms with van der Waals surface area (Å²) in [7, 11) is 0. The molecule has 1 N–H and O–H groups in total. The van der Waals surface area contributed by atoms with E-state index in [4.69, 9.17) is 4.74 Å². The number of hydrogen-bond donors (Lipinski definition) is 1. The Morgan fingerprint density at radius 3 is 2.71 bits per heavy atom. The molecule has 0 aliphatic carbocycles. The number of benzene rings is 2. The van der Waals surface area contributed by atoms with Crippen molar-refractivity contribution >= 4 is 35.0 Å². The second-order valence-electron chi connectivity index (χ2n) is 6.42. The molecule has 0 radical (unpaired) electrons. The van der Waals surface area contributed by atoms with E-state index in [0.717, 1.165) is 0 Å². The van der Waals surface area contributed by atoms with Crippen molar-refractivity contribution < 1.29 is 19.2 Å². The molecule has 31 heavy (non-hydrogen) atoms. The lowest BCUT2D eigenvalue weighted by molar-refractivity contribution is -0.387. The van der Waals surface area contributed by atoms with Gasteiger partial charge in [0.2, 0.25) is 0 Å². The van der Waals surface area contributed by atoms with Crippen LogP contribution in [0.3, 0.4) is 0 Å². The number of thioether (sulfide) groups is 1. The average Bonchev–Trinajstić information content (AvgIpc) is 3.15. The van der Waals surface area contributed by atoms with E-state index in [2.05, 4.69) is 10.4 Å². The standard InChI is InChI=1S/C21H20N4O5S/c1-4-30-21(27)17-12-22-24(13(17)2)16-7-5-6-15(11-16)23-20(26)14-8-9-19(31-3)18(10-14)25(28)29/h5-12H,4H2,1-3H3,(H,23,26). The third kappa shape index (κ3) is 4.75. The van der Waals surface area contributed by atoms with Gasteiger partial charge in [-0.15, -0.1) is 11.8 Å². The van der Waals surface area contributed by atoms with Gasteiger partial charge in [-0.1, -0.05) is 6.07 Å². The molecule has 0 aliphatic rings. The van der Waals surface area contributed by atoms with Crippen molar-refractivity contribution in [2.45, 2.75) is 18.7 Å². The molecule has 0 saturated heterocycles. The number of esters is 1. The number of anilines is 1. The maximum Gasteiger partial charge on any atom is 0.341 e. The van der Waals surface area contributed by atoms with Gasteiger partial charge in [-0.3, -0.25) is 14.9 Å². The summed E-state index contributed by atoms with van der Waals surface area (Å²) in [6, 6.07) is 11.3. The largest absolute Gasteiger partial charge is 0.462 e. The number of nitrogens with one attached hydrogen (secondary N) is 1. The van der Waals surface area contributed by atoms with Crippen LogP contribution in [0.5, 0.6) is 0 Å². The summed E-state index contributed by atoms with van der Waals surface area (Å²) < 4.78 is 6.60. The van der Waals surface area contributed by atoms with Gasteiger partial charge < -0.3 is 10.1 Å². The van der Waals surface area contributed by atoms with Crippen LogP contribution in [-0.4, -0.2) is 39.4 Å². The minimum absolute atomic E-state index is 0.118. The van der Waals surface area contributed by atoms with E-state index in [1.54, 1.807) is 61.2 Å². The lowest BCUT2D eigenvalue weighted by Crippen LogP contribution is -2.13. The van der Waals surface area contributed by atoms with E-state index in [0.29, 0.717) is 27.5 Å². The second-order valence-corrected chi connectivity index (χ2v) is 7.27. The van der Waals surface area contributed by atoms with Gasteiger partial charge in [0.1, 0.15) is 5.56 Å². The van der Waals surface area contributed by atoms with Crippen molar-refractivity contribution in [2.75, 3.05) is 18.2 Å². The highest BCUT2D eigenvalue weighted by Gasteiger charge is 2.18. The molecule has 9 nitrogen and oxygen atoms in total. The fraction of sp³-hybridized carbons (Fsp3) is 0.190. The summed E-state index contributed by atoms with van der Waals surface area (Å²) in [5.41, 5.74) is 2.13. The Morgan fingerprint density at radius 1 is 1.26 bits per heavy atom. The van der Waals surface area contributed by atoms with Gasteiger partial charge in [0.15, 0.2) is 0 Å². The van der Waals surface area contributed by atoms with Gasteiger partial charge in [0.05, 0.1) is 34.0 Å². The van der Waals surface area contributed by atoms with E-state index in [1.165, 1.54) is 24.0 Å². The Hall–Kier alpha value is -3.66. The predicted octanol–water partition coefficient (Wildman–Crippen LogP) is 4.24. The van der Waals surface area contributed by atoms with E-state index < -0.39 is 16.8 Å². The molecule has 0 aliphatic heterocycles. The Bertz CT molecular complexity index is 1160. The number of nitrogens with zero attached hydrogens (tertiary/aromatic N) is 3. The highest BCUT2D eigenvalue weighted by Crippen LogP contribution is 2.28. The normalized spacial score (nSPS) is 10.5. The molecule has 0 spiro atoms. The maximum atomic E-state index is 12.6. The van der Waals surface area contributed by atoms with Crippen LogP contribution in [0, 0.1) is 17.0 Å². The number of carbonyl (C=O) groups is 2. The molecule has 1 heterocycles. The third-order valence-electron chi connectivity index (χ3n) is 4.49. The van der Waals surface area contributed by atoms with Crippen LogP contribution < -0.4 is 5.32 Å². The molecule has 2 aromatic carbocycles. The number of ether oxygens (including phenoxy) is 1. The highest BCUT2D eigenvalue weighted by atomic mass is 32.2. The summed E-state index contributed by atoms with van der Waals surface area (Å²) >= 11 is 1.24. The molecular formula is C21H20N4O5S. The molecular weight excluding hydrogens is 420 g/mol. The van der Waals surface area contributed by atoms with Gasteiger partial charge in [-0.2, -0.15) is 5.10 Å². The summed E-state index contributed by atoms with van der Waals surface area (Å²) in [4.78, 5) is 35.9. The molecule has 3 rings (SSSR count). The monoisotopic (exact) mass is 440 g/mol. The van der Waals surface area contributed by atoms with Gasteiger partial charge in [-0.25, -0.2) is 9.48 Å². The van der Waals surface area contributed by atoms with Crippen LogP contribution in [0.4, 0.5) is 11.4 Å². The van der Waals surface area contributed by atoms with Crippen molar-refractivity contribution in [1.29, 1.82) is 0 Å². The minimum Gasteiger partial charge on any atom is -0.462 e. The van der Waals surface area contributed by atoms with Gasteiger partial charge in [-0.05, 0) is 50.4 Å². The molecule has 3 aromatic rings. The zero-order valence-corrected chi connectivity index (χ0v) is 17.9. The number of amides is 1. The first kappa shape index (κ1) is 22.0. The molecule has 0 bridgehead atoms. The van der Waals surface area contributed by atoms with Gasteiger partial charge >= 0.3 is 5.97 Å². The minimum atomic E-state index is -0.509. The van der Waals surface area contributed by atoms with Gasteiger partial charge in [0.25, 0.3) is 11.6 Å². The number of carbonyl (C=O) groups excluding carboxylic acids is 2. The summed E-state index contributed by atoms with van der Waals surface area (Å²) in [5, 5.41) is 18.2. The van der Waals surface area contributed by atoms with Crippen LogP contribution in [0.15, 0.2) is 53.6 Å². The van der Waals surface area contributed by atoms with E-state index in [-0.39, 0.29) is 17.9 Å².